The molecule has 0 amide bonds. The van der Waals surface area contributed by atoms with E-state index >= 15 is 0 Å². The summed E-state index contributed by atoms with van der Waals surface area (Å²) >= 11 is 0. The van der Waals surface area contributed by atoms with Crippen molar-refractivity contribution in [3.8, 4) is 11.4 Å². The van der Waals surface area contributed by atoms with Gasteiger partial charge in [0.15, 0.2) is 0 Å². The number of aliphatic hydroxyl groups is 1. The van der Waals surface area contributed by atoms with E-state index in [0.29, 0.717) is 41.6 Å². The molecule has 0 radical (unpaired) electrons. The summed E-state index contributed by atoms with van der Waals surface area (Å²) in [6.07, 6.45) is 12.4. The van der Waals surface area contributed by atoms with Gasteiger partial charge in [-0.1, -0.05) is 38.2 Å². The third kappa shape index (κ3) is 7.80. The van der Waals surface area contributed by atoms with Gasteiger partial charge < -0.3 is 25.9 Å². The number of anilines is 2. The molecular weight excluding hydrogens is 604 g/mol. The summed E-state index contributed by atoms with van der Waals surface area (Å²) in [7, 11) is -3.85. The van der Waals surface area contributed by atoms with E-state index in [1.165, 1.54) is 48.8 Å². The maximum absolute atomic E-state index is 13.2. The first-order valence-electron chi connectivity index (χ1n) is 16.1. The number of nitrogen functional groups attached to an aromatic ring is 1. The average molecular weight is 647 g/mol. The number of nitrogens with two attached hydrogens (primary N) is 1. The number of rotatable bonds is 13. The van der Waals surface area contributed by atoms with Gasteiger partial charge in [0.25, 0.3) is 10.0 Å². The van der Waals surface area contributed by atoms with Crippen LogP contribution >= 0.6 is 0 Å². The van der Waals surface area contributed by atoms with Crippen molar-refractivity contribution < 1.29 is 18.3 Å². The number of fused-ring (bicyclic) bond motifs is 1. The van der Waals surface area contributed by atoms with Crippen LogP contribution in [-0.2, 0) is 22.9 Å². The van der Waals surface area contributed by atoms with E-state index in [9.17, 15) is 18.3 Å². The summed E-state index contributed by atoms with van der Waals surface area (Å²) in [6, 6.07) is 15.0. The molecule has 6 rings (SSSR count). The average Bonchev–Trinajstić information content (AvgIpc) is 3.71. The number of nitrogens with zero attached hydrogens (tertiary/aromatic N) is 2. The molecule has 1 saturated carbocycles. The van der Waals surface area contributed by atoms with Crippen molar-refractivity contribution >= 4 is 21.5 Å². The van der Waals surface area contributed by atoms with Crippen molar-refractivity contribution in [1.82, 2.24) is 19.9 Å². The van der Waals surface area contributed by atoms with E-state index < -0.39 is 16.1 Å². The summed E-state index contributed by atoms with van der Waals surface area (Å²) in [6.45, 7) is 0.906. The Labute approximate surface area is 269 Å². The van der Waals surface area contributed by atoms with Crippen molar-refractivity contribution in [2.75, 3.05) is 23.5 Å². The molecule has 0 bridgehead atoms. The number of aromatic nitrogens is 3. The Morgan fingerprint density at radius 2 is 1.89 bits per heavy atom. The first kappa shape index (κ1) is 31.8. The SMILES string of the molecule is Nc1ccc(C(O)CNCC2CCc3cc(NS(=O)(=O)c4ccc(-n5cc(CCCC6CCCC6)[nH]c5=O)cc4)ccc3O2)cn1. The lowest BCUT2D eigenvalue weighted by Crippen LogP contribution is -2.36. The lowest BCUT2D eigenvalue weighted by Gasteiger charge is -2.27. The number of hydrogen-bond donors (Lipinski definition) is 5. The van der Waals surface area contributed by atoms with E-state index in [4.69, 9.17) is 10.5 Å². The lowest BCUT2D eigenvalue weighted by molar-refractivity contribution is 0.146. The smallest absolute Gasteiger partial charge is 0.330 e. The van der Waals surface area contributed by atoms with E-state index in [2.05, 4.69) is 20.0 Å². The van der Waals surface area contributed by atoms with Gasteiger partial charge in [0.2, 0.25) is 0 Å². The van der Waals surface area contributed by atoms with Crippen LogP contribution in [0.25, 0.3) is 5.69 Å². The van der Waals surface area contributed by atoms with Gasteiger partial charge in [0, 0.05) is 42.4 Å². The molecule has 11 nitrogen and oxygen atoms in total. The molecule has 1 aliphatic heterocycles. The van der Waals surface area contributed by atoms with Crippen LogP contribution in [0, 0.1) is 5.92 Å². The van der Waals surface area contributed by atoms with Gasteiger partial charge in [0.1, 0.15) is 17.7 Å². The van der Waals surface area contributed by atoms with Crippen molar-refractivity contribution in [2.45, 2.75) is 74.9 Å². The number of imidazole rings is 1. The Kier molecular flexibility index (Phi) is 9.76. The highest BCUT2D eigenvalue weighted by Gasteiger charge is 2.22. The quantitative estimate of drug-likeness (QED) is 0.142. The van der Waals surface area contributed by atoms with E-state index in [-0.39, 0.29) is 16.7 Å². The normalized spacial score (nSPS) is 17.4. The van der Waals surface area contributed by atoms with Gasteiger partial charge in [-0.2, -0.15) is 0 Å². The Hall–Kier alpha value is -4.13. The van der Waals surface area contributed by atoms with Crippen LogP contribution < -0.4 is 26.2 Å². The van der Waals surface area contributed by atoms with Crippen molar-refractivity contribution in [3.05, 3.63) is 94.3 Å². The number of benzene rings is 2. The third-order valence-electron chi connectivity index (χ3n) is 8.98. The minimum Gasteiger partial charge on any atom is -0.489 e. The number of nitrogens with one attached hydrogen (secondary N) is 3. The van der Waals surface area contributed by atoms with Crippen LogP contribution in [0.5, 0.6) is 5.75 Å². The Morgan fingerprint density at radius 3 is 2.65 bits per heavy atom. The molecule has 2 atom stereocenters. The molecule has 12 heteroatoms. The maximum atomic E-state index is 13.2. The largest absolute Gasteiger partial charge is 0.489 e. The maximum Gasteiger partial charge on any atom is 0.330 e. The van der Waals surface area contributed by atoms with Gasteiger partial charge in [-0.05, 0) is 85.7 Å². The van der Waals surface area contributed by atoms with E-state index in [1.807, 2.05) is 6.20 Å². The fraction of sp³-hybridized carbons (Fsp3) is 0.412. The fourth-order valence-corrected chi connectivity index (χ4v) is 7.46. The molecule has 2 aliphatic rings. The van der Waals surface area contributed by atoms with Gasteiger partial charge in [0.05, 0.1) is 16.7 Å². The molecule has 6 N–H and O–H groups in total. The fourth-order valence-electron chi connectivity index (χ4n) is 6.41. The zero-order valence-corrected chi connectivity index (χ0v) is 26.6. The Morgan fingerprint density at radius 1 is 1.09 bits per heavy atom. The van der Waals surface area contributed by atoms with Gasteiger partial charge in [-0.3, -0.25) is 9.29 Å². The molecule has 46 heavy (non-hydrogen) atoms. The van der Waals surface area contributed by atoms with Crippen LogP contribution in [0.15, 0.2) is 76.7 Å². The van der Waals surface area contributed by atoms with Crippen LogP contribution in [0.3, 0.4) is 0 Å². The number of aliphatic hydroxyl groups excluding tert-OH is 1. The Balaban J connectivity index is 1.01. The second-order valence-electron chi connectivity index (χ2n) is 12.4. The third-order valence-corrected chi connectivity index (χ3v) is 10.4. The molecule has 1 aliphatic carbocycles. The molecule has 2 aromatic heterocycles. The summed E-state index contributed by atoms with van der Waals surface area (Å²) < 4.78 is 36.7. The van der Waals surface area contributed by atoms with Crippen molar-refractivity contribution in [3.63, 3.8) is 0 Å². The highest BCUT2D eigenvalue weighted by Crippen LogP contribution is 2.31. The van der Waals surface area contributed by atoms with E-state index in [1.54, 1.807) is 48.7 Å². The van der Waals surface area contributed by atoms with Gasteiger partial charge in [-0.25, -0.2) is 18.2 Å². The summed E-state index contributed by atoms with van der Waals surface area (Å²) in [5.74, 6) is 1.94. The lowest BCUT2D eigenvalue weighted by atomic mass is 10.0. The predicted molar refractivity (Wildman–Crippen MR) is 178 cm³/mol. The second-order valence-corrected chi connectivity index (χ2v) is 14.1. The number of H-pyrrole nitrogens is 1. The molecular formula is C34H42N6O5S. The highest BCUT2D eigenvalue weighted by molar-refractivity contribution is 7.92. The number of aromatic amines is 1. The van der Waals surface area contributed by atoms with Crippen LogP contribution in [-0.4, -0.2) is 47.3 Å². The molecule has 0 spiro atoms. The Bertz CT molecular complexity index is 1780. The minimum absolute atomic E-state index is 0.0779. The zero-order chi connectivity index (χ0) is 32.1. The van der Waals surface area contributed by atoms with E-state index in [0.717, 1.165) is 42.9 Å². The van der Waals surface area contributed by atoms with Crippen molar-refractivity contribution in [2.24, 2.45) is 5.92 Å². The summed E-state index contributed by atoms with van der Waals surface area (Å²) in [5.41, 5.74) is 8.94. The van der Waals surface area contributed by atoms with Crippen LogP contribution in [0.1, 0.15) is 67.9 Å². The zero-order valence-electron chi connectivity index (χ0n) is 25.8. The first-order valence-corrected chi connectivity index (χ1v) is 17.6. The molecule has 0 saturated heterocycles. The summed E-state index contributed by atoms with van der Waals surface area (Å²) in [5, 5.41) is 13.6. The van der Waals surface area contributed by atoms with Gasteiger partial charge >= 0.3 is 5.69 Å². The molecule has 3 heterocycles. The number of hydrogen-bond acceptors (Lipinski definition) is 8. The number of aryl methyl sites for hydroxylation is 2. The molecule has 2 aromatic carbocycles. The topological polar surface area (TPSA) is 164 Å². The first-order chi connectivity index (χ1) is 22.2. The van der Waals surface area contributed by atoms with Crippen molar-refractivity contribution in [1.29, 1.82) is 0 Å². The van der Waals surface area contributed by atoms with Crippen LogP contribution in [0.2, 0.25) is 0 Å². The molecule has 2 unspecified atom stereocenters. The number of pyridine rings is 1. The second kappa shape index (κ2) is 14.1. The molecule has 1 fully saturated rings. The van der Waals surface area contributed by atoms with Gasteiger partial charge in [-0.15, -0.1) is 0 Å². The molecule has 244 valence electrons. The standard InChI is InChI=1S/C34H42N6O5S/c35-33-17-9-25(19-37-33)31(41)21-36-20-29-13-8-24-18-26(10-16-32(24)45-29)39-46(43,44)30-14-11-28(12-15-30)40-22-27(38-34(40)42)7-3-6-23-4-1-2-5-23/h9-12,14-19,22-23,29,31,36,39,41H,1-8,13,20-21H2,(H2,35,37)(H,38,42). The number of sulfonamides is 1. The number of ether oxygens (including phenoxy) is 1. The highest BCUT2D eigenvalue weighted by atomic mass is 32.2. The van der Waals surface area contributed by atoms with Crippen LogP contribution in [0.4, 0.5) is 11.5 Å². The predicted octanol–water partition coefficient (Wildman–Crippen LogP) is 4.47. The summed E-state index contributed by atoms with van der Waals surface area (Å²) in [4.78, 5) is 19.7. The monoisotopic (exact) mass is 646 g/mol. The minimum atomic E-state index is -3.85. The molecule has 4 aromatic rings.